The zero-order valence-corrected chi connectivity index (χ0v) is 11.7. The van der Waals surface area contributed by atoms with Crippen molar-refractivity contribution in [2.45, 2.75) is 39.5 Å². The Morgan fingerprint density at radius 2 is 2.22 bits per heavy atom. The molecule has 1 atom stereocenters. The van der Waals surface area contributed by atoms with Gasteiger partial charge in [-0.05, 0) is 25.2 Å². The van der Waals surface area contributed by atoms with Gasteiger partial charge in [0.2, 0.25) is 0 Å². The van der Waals surface area contributed by atoms with Crippen LogP contribution in [0.15, 0.2) is 6.33 Å². The number of piperidine rings is 1. The van der Waals surface area contributed by atoms with E-state index in [4.69, 9.17) is 0 Å². The number of hydrogen-bond donors (Lipinski definition) is 1. The molecule has 1 aromatic rings. The van der Waals surface area contributed by atoms with E-state index in [1.807, 2.05) is 7.05 Å². The van der Waals surface area contributed by atoms with Crippen molar-refractivity contribution >= 4 is 11.6 Å². The number of rotatable bonds is 4. The molecule has 1 unspecified atom stereocenters. The molecule has 0 aromatic carbocycles. The number of nitrogens with zero attached hydrogens (tertiary/aromatic N) is 3. The van der Waals surface area contributed by atoms with E-state index in [2.05, 4.69) is 34.0 Å². The molecule has 0 aliphatic carbocycles. The van der Waals surface area contributed by atoms with Crippen LogP contribution in [-0.2, 0) is 6.42 Å². The third kappa shape index (κ3) is 2.57. The highest BCUT2D eigenvalue weighted by atomic mass is 15.2. The van der Waals surface area contributed by atoms with Gasteiger partial charge in [-0.25, -0.2) is 9.97 Å². The van der Waals surface area contributed by atoms with Gasteiger partial charge in [0.15, 0.2) is 0 Å². The molecule has 100 valence electrons. The van der Waals surface area contributed by atoms with Crippen molar-refractivity contribution in [3.63, 3.8) is 0 Å². The van der Waals surface area contributed by atoms with Crippen LogP contribution >= 0.6 is 0 Å². The number of aromatic nitrogens is 2. The van der Waals surface area contributed by atoms with E-state index < -0.39 is 0 Å². The zero-order valence-electron chi connectivity index (χ0n) is 11.7. The lowest BCUT2D eigenvalue weighted by Crippen LogP contribution is -2.36. The van der Waals surface area contributed by atoms with E-state index in [1.54, 1.807) is 6.33 Å². The van der Waals surface area contributed by atoms with Crippen molar-refractivity contribution in [2.75, 3.05) is 30.4 Å². The summed E-state index contributed by atoms with van der Waals surface area (Å²) >= 11 is 0. The second kappa shape index (κ2) is 6.03. The minimum absolute atomic E-state index is 0.816. The predicted molar refractivity (Wildman–Crippen MR) is 76.2 cm³/mol. The Kier molecular flexibility index (Phi) is 4.39. The topological polar surface area (TPSA) is 41.1 Å². The standard InChI is InChI=1S/C14H24N4/c1-4-11-7-6-8-18(9-11)14-12(5-2)13(15-3)16-10-17-14/h10-11H,4-9H2,1-3H3,(H,15,16,17). The van der Waals surface area contributed by atoms with Gasteiger partial charge in [-0.2, -0.15) is 0 Å². The Morgan fingerprint density at radius 1 is 1.39 bits per heavy atom. The molecule has 0 radical (unpaired) electrons. The van der Waals surface area contributed by atoms with Crippen LogP contribution in [-0.4, -0.2) is 30.1 Å². The Labute approximate surface area is 110 Å². The number of anilines is 2. The average Bonchev–Trinajstić information content (AvgIpc) is 2.46. The Morgan fingerprint density at radius 3 is 2.89 bits per heavy atom. The largest absolute Gasteiger partial charge is 0.373 e. The first-order valence-electron chi connectivity index (χ1n) is 7.06. The SMILES string of the molecule is CCc1c(NC)ncnc1N1CCCC(CC)C1. The van der Waals surface area contributed by atoms with Crippen molar-refractivity contribution in [1.29, 1.82) is 0 Å². The van der Waals surface area contributed by atoms with Crippen LogP contribution in [0.2, 0.25) is 0 Å². The monoisotopic (exact) mass is 248 g/mol. The maximum atomic E-state index is 4.53. The molecule has 18 heavy (non-hydrogen) atoms. The molecule has 4 heteroatoms. The summed E-state index contributed by atoms with van der Waals surface area (Å²) in [5.74, 6) is 2.92. The molecule has 0 amide bonds. The van der Waals surface area contributed by atoms with E-state index >= 15 is 0 Å². The molecular formula is C14H24N4. The second-order valence-electron chi connectivity index (χ2n) is 4.99. The van der Waals surface area contributed by atoms with Crippen LogP contribution in [0.1, 0.15) is 38.7 Å². The first-order valence-corrected chi connectivity index (χ1v) is 7.06. The van der Waals surface area contributed by atoms with Crippen molar-refractivity contribution in [2.24, 2.45) is 5.92 Å². The molecule has 0 spiro atoms. The minimum atomic E-state index is 0.816. The molecule has 0 saturated carbocycles. The third-order valence-electron chi connectivity index (χ3n) is 3.91. The molecule has 0 bridgehead atoms. The van der Waals surface area contributed by atoms with Gasteiger partial charge in [0, 0.05) is 25.7 Å². The molecule has 1 saturated heterocycles. The summed E-state index contributed by atoms with van der Waals surface area (Å²) in [5.41, 5.74) is 1.25. The number of nitrogens with one attached hydrogen (secondary N) is 1. The molecule has 1 aromatic heterocycles. The van der Waals surface area contributed by atoms with Gasteiger partial charge in [0.25, 0.3) is 0 Å². The van der Waals surface area contributed by atoms with Gasteiger partial charge >= 0.3 is 0 Å². The summed E-state index contributed by atoms with van der Waals surface area (Å²) in [5, 5.41) is 3.17. The molecule has 1 aliphatic heterocycles. The minimum Gasteiger partial charge on any atom is -0.373 e. The first kappa shape index (κ1) is 13.1. The Balaban J connectivity index is 2.26. The van der Waals surface area contributed by atoms with Crippen LogP contribution in [0.25, 0.3) is 0 Å². The van der Waals surface area contributed by atoms with Gasteiger partial charge in [-0.1, -0.05) is 20.3 Å². The number of hydrogen-bond acceptors (Lipinski definition) is 4. The summed E-state index contributed by atoms with van der Waals surface area (Å²) in [6.45, 7) is 6.73. The highest BCUT2D eigenvalue weighted by Crippen LogP contribution is 2.28. The van der Waals surface area contributed by atoms with E-state index in [0.717, 1.165) is 37.1 Å². The molecule has 2 rings (SSSR count). The van der Waals surface area contributed by atoms with Gasteiger partial charge in [-0.3, -0.25) is 0 Å². The fourth-order valence-corrected chi connectivity index (χ4v) is 2.81. The normalized spacial score (nSPS) is 19.9. The van der Waals surface area contributed by atoms with Crippen LogP contribution in [0.3, 0.4) is 0 Å². The molecule has 1 aliphatic rings. The summed E-state index contributed by atoms with van der Waals surface area (Å²) in [4.78, 5) is 11.3. The molecule has 1 fully saturated rings. The molecule has 2 heterocycles. The lowest BCUT2D eigenvalue weighted by atomic mass is 9.95. The van der Waals surface area contributed by atoms with Crippen molar-refractivity contribution < 1.29 is 0 Å². The molecule has 4 nitrogen and oxygen atoms in total. The highest BCUT2D eigenvalue weighted by molar-refractivity contribution is 5.58. The summed E-state index contributed by atoms with van der Waals surface area (Å²) in [7, 11) is 1.93. The zero-order chi connectivity index (χ0) is 13.0. The van der Waals surface area contributed by atoms with E-state index in [9.17, 15) is 0 Å². The van der Waals surface area contributed by atoms with Crippen molar-refractivity contribution in [3.05, 3.63) is 11.9 Å². The summed E-state index contributed by atoms with van der Waals surface area (Å²) < 4.78 is 0. The fourth-order valence-electron chi connectivity index (χ4n) is 2.81. The summed E-state index contributed by atoms with van der Waals surface area (Å²) in [6.07, 6.45) is 6.55. The third-order valence-corrected chi connectivity index (χ3v) is 3.91. The van der Waals surface area contributed by atoms with Crippen molar-refractivity contribution in [3.8, 4) is 0 Å². The smallest absolute Gasteiger partial charge is 0.137 e. The van der Waals surface area contributed by atoms with Gasteiger partial charge < -0.3 is 10.2 Å². The maximum Gasteiger partial charge on any atom is 0.137 e. The molecular weight excluding hydrogens is 224 g/mol. The summed E-state index contributed by atoms with van der Waals surface area (Å²) in [6, 6.07) is 0. The van der Waals surface area contributed by atoms with Crippen LogP contribution < -0.4 is 10.2 Å². The van der Waals surface area contributed by atoms with Crippen LogP contribution in [0, 0.1) is 5.92 Å². The Bertz CT molecular complexity index is 391. The highest BCUT2D eigenvalue weighted by Gasteiger charge is 2.22. The Hall–Kier alpha value is -1.32. The maximum absolute atomic E-state index is 4.53. The van der Waals surface area contributed by atoms with E-state index in [-0.39, 0.29) is 0 Å². The van der Waals surface area contributed by atoms with Gasteiger partial charge in [-0.15, -0.1) is 0 Å². The van der Waals surface area contributed by atoms with Crippen LogP contribution in [0.4, 0.5) is 11.6 Å². The van der Waals surface area contributed by atoms with E-state index in [1.165, 1.54) is 24.8 Å². The first-order chi connectivity index (χ1) is 8.80. The van der Waals surface area contributed by atoms with Crippen LogP contribution in [0.5, 0.6) is 0 Å². The lowest BCUT2D eigenvalue weighted by Gasteiger charge is -2.34. The predicted octanol–water partition coefficient (Wildman–Crippen LogP) is 2.71. The molecule has 1 N–H and O–H groups in total. The van der Waals surface area contributed by atoms with Gasteiger partial charge in [0.05, 0.1) is 0 Å². The van der Waals surface area contributed by atoms with Crippen molar-refractivity contribution in [1.82, 2.24) is 9.97 Å². The fraction of sp³-hybridized carbons (Fsp3) is 0.714. The van der Waals surface area contributed by atoms with E-state index in [0.29, 0.717) is 0 Å². The quantitative estimate of drug-likeness (QED) is 0.889. The van der Waals surface area contributed by atoms with Gasteiger partial charge in [0.1, 0.15) is 18.0 Å². The lowest BCUT2D eigenvalue weighted by molar-refractivity contribution is 0.402. The average molecular weight is 248 g/mol. The second-order valence-corrected chi connectivity index (χ2v) is 4.99.